The second kappa shape index (κ2) is 10.2. The van der Waals surface area contributed by atoms with E-state index in [0.717, 1.165) is 11.1 Å². The highest BCUT2D eigenvalue weighted by atomic mass is 19.1. The third-order valence-electron chi connectivity index (χ3n) is 4.38. The lowest BCUT2D eigenvalue weighted by Crippen LogP contribution is -2.30. The first-order valence-corrected chi connectivity index (χ1v) is 9.41. The molecule has 0 saturated carbocycles. The smallest absolute Gasteiger partial charge is 0.319 e. The number of hydrogen-bond acceptors (Lipinski definition) is 2. The fourth-order valence-electron chi connectivity index (χ4n) is 2.74. The predicted molar refractivity (Wildman–Crippen MR) is 111 cm³/mol. The largest absolute Gasteiger partial charge is 0.348 e. The van der Waals surface area contributed by atoms with Gasteiger partial charge < -0.3 is 16.0 Å². The molecule has 3 aromatic carbocycles. The van der Waals surface area contributed by atoms with Crippen LogP contribution in [0, 0.1) is 11.6 Å². The molecule has 0 aliphatic rings. The zero-order valence-electron chi connectivity index (χ0n) is 16.1. The highest BCUT2D eigenvalue weighted by Gasteiger charge is 2.07. The van der Waals surface area contributed by atoms with Crippen molar-refractivity contribution in [1.29, 1.82) is 0 Å². The molecule has 3 amide bonds. The van der Waals surface area contributed by atoms with E-state index in [1.807, 2.05) is 0 Å². The first-order chi connectivity index (χ1) is 14.5. The van der Waals surface area contributed by atoms with Gasteiger partial charge in [-0.15, -0.1) is 0 Å². The van der Waals surface area contributed by atoms with Gasteiger partial charge in [0.2, 0.25) is 0 Å². The minimum atomic E-state index is -0.370. The molecule has 3 rings (SSSR count). The molecule has 0 unspecified atom stereocenters. The monoisotopic (exact) mass is 409 g/mol. The zero-order chi connectivity index (χ0) is 21.3. The second-order valence-corrected chi connectivity index (χ2v) is 6.64. The van der Waals surface area contributed by atoms with Gasteiger partial charge in [0.15, 0.2) is 0 Å². The molecule has 0 saturated heterocycles. The Bertz CT molecular complexity index is 988. The van der Waals surface area contributed by atoms with Crippen molar-refractivity contribution in [2.24, 2.45) is 0 Å². The van der Waals surface area contributed by atoms with Gasteiger partial charge in [0, 0.05) is 24.3 Å². The molecule has 154 valence electrons. The fourth-order valence-corrected chi connectivity index (χ4v) is 2.74. The van der Waals surface area contributed by atoms with Crippen LogP contribution in [0.4, 0.5) is 19.3 Å². The van der Waals surface area contributed by atoms with E-state index in [1.165, 1.54) is 24.3 Å². The Hall–Kier alpha value is -3.74. The SMILES string of the molecule is O=C(NCCc1ccc(F)cc1)Nc1ccc(C(=O)NCc2ccc(F)cc2)cc1. The van der Waals surface area contributed by atoms with E-state index in [2.05, 4.69) is 16.0 Å². The number of carbonyl (C=O) groups is 2. The Labute approximate surface area is 173 Å². The third kappa shape index (κ3) is 6.41. The van der Waals surface area contributed by atoms with Crippen molar-refractivity contribution < 1.29 is 18.4 Å². The van der Waals surface area contributed by atoms with Crippen molar-refractivity contribution in [2.45, 2.75) is 13.0 Å². The summed E-state index contributed by atoms with van der Waals surface area (Å²) in [5.74, 6) is -0.890. The molecule has 0 radical (unpaired) electrons. The lowest BCUT2D eigenvalue weighted by Gasteiger charge is -2.09. The van der Waals surface area contributed by atoms with Crippen molar-refractivity contribution in [1.82, 2.24) is 10.6 Å². The number of anilines is 1. The Morgan fingerprint density at radius 2 is 1.27 bits per heavy atom. The highest BCUT2D eigenvalue weighted by molar-refractivity contribution is 5.95. The average Bonchev–Trinajstić information content (AvgIpc) is 2.75. The van der Waals surface area contributed by atoms with Gasteiger partial charge >= 0.3 is 6.03 Å². The molecular weight excluding hydrogens is 388 g/mol. The van der Waals surface area contributed by atoms with Crippen LogP contribution in [0.1, 0.15) is 21.5 Å². The maximum Gasteiger partial charge on any atom is 0.319 e. The molecule has 5 nitrogen and oxygen atoms in total. The quantitative estimate of drug-likeness (QED) is 0.546. The van der Waals surface area contributed by atoms with Crippen molar-refractivity contribution in [3.63, 3.8) is 0 Å². The van der Waals surface area contributed by atoms with Crippen molar-refractivity contribution in [3.8, 4) is 0 Å². The molecule has 0 fully saturated rings. The molecule has 3 N–H and O–H groups in total. The van der Waals surface area contributed by atoms with Gasteiger partial charge in [-0.05, 0) is 66.1 Å². The van der Waals surface area contributed by atoms with Crippen LogP contribution < -0.4 is 16.0 Å². The molecule has 7 heteroatoms. The minimum absolute atomic E-state index is 0.269. The molecule has 3 aromatic rings. The normalized spacial score (nSPS) is 10.3. The van der Waals surface area contributed by atoms with Gasteiger partial charge in [-0.2, -0.15) is 0 Å². The standard InChI is InChI=1S/C23H21F2N3O2/c24-19-7-1-16(2-8-19)13-14-26-23(30)28-21-11-5-18(6-12-21)22(29)27-15-17-3-9-20(25)10-4-17/h1-12H,13-15H2,(H,27,29)(H2,26,28,30). The number of urea groups is 1. The Morgan fingerprint density at radius 1 is 0.700 bits per heavy atom. The molecule has 0 spiro atoms. The number of benzene rings is 3. The summed E-state index contributed by atoms with van der Waals surface area (Å²) in [4.78, 5) is 24.2. The third-order valence-corrected chi connectivity index (χ3v) is 4.38. The van der Waals surface area contributed by atoms with E-state index in [0.29, 0.717) is 24.2 Å². The van der Waals surface area contributed by atoms with E-state index < -0.39 is 0 Å². The molecular formula is C23H21F2N3O2. The van der Waals surface area contributed by atoms with Crippen LogP contribution in [0.15, 0.2) is 72.8 Å². The van der Waals surface area contributed by atoms with Gasteiger partial charge in [0.25, 0.3) is 5.91 Å². The van der Waals surface area contributed by atoms with E-state index in [9.17, 15) is 18.4 Å². The maximum atomic E-state index is 12.9. The lowest BCUT2D eigenvalue weighted by atomic mass is 10.1. The van der Waals surface area contributed by atoms with E-state index in [4.69, 9.17) is 0 Å². The summed E-state index contributed by atoms with van der Waals surface area (Å²) < 4.78 is 25.8. The van der Waals surface area contributed by atoms with Crippen LogP contribution >= 0.6 is 0 Å². The predicted octanol–water partition coefficient (Wildman–Crippen LogP) is 4.26. The van der Waals surface area contributed by atoms with Gasteiger partial charge in [-0.1, -0.05) is 24.3 Å². The van der Waals surface area contributed by atoms with Gasteiger partial charge in [0.05, 0.1) is 0 Å². The summed E-state index contributed by atoms with van der Waals surface area (Å²) >= 11 is 0. The topological polar surface area (TPSA) is 70.2 Å². The number of amides is 3. The van der Waals surface area contributed by atoms with Gasteiger partial charge in [-0.25, -0.2) is 13.6 Å². The van der Waals surface area contributed by atoms with Crippen LogP contribution in [-0.2, 0) is 13.0 Å². The van der Waals surface area contributed by atoms with Crippen LogP contribution in [0.5, 0.6) is 0 Å². The highest BCUT2D eigenvalue weighted by Crippen LogP contribution is 2.10. The van der Waals surface area contributed by atoms with E-state index in [1.54, 1.807) is 48.5 Å². The maximum absolute atomic E-state index is 12.9. The molecule has 30 heavy (non-hydrogen) atoms. The minimum Gasteiger partial charge on any atom is -0.348 e. The average molecular weight is 409 g/mol. The van der Waals surface area contributed by atoms with Gasteiger partial charge in [-0.3, -0.25) is 4.79 Å². The van der Waals surface area contributed by atoms with E-state index >= 15 is 0 Å². The number of carbonyl (C=O) groups excluding carboxylic acids is 2. The Kier molecular flexibility index (Phi) is 7.10. The van der Waals surface area contributed by atoms with Gasteiger partial charge in [0.1, 0.15) is 11.6 Å². The summed E-state index contributed by atoms with van der Waals surface area (Å²) in [5, 5.41) is 8.17. The van der Waals surface area contributed by atoms with Crippen LogP contribution in [0.2, 0.25) is 0 Å². The van der Waals surface area contributed by atoms with Crippen molar-refractivity contribution in [3.05, 3.63) is 101 Å². The van der Waals surface area contributed by atoms with E-state index in [-0.39, 0.29) is 30.1 Å². The van der Waals surface area contributed by atoms with Crippen LogP contribution in [-0.4, -0.2) is 18.5 Å². The summed E-state index contributed by atoms with van der Waals surface area (Å²) in [7, 11) is 0. The number of hydrogen-bond donors (Lipinski definition) is 3. The van der Waals surface area contributed by atoms with Crippen molar-refractivity contribution >= 4 is 17.6 Å². The first-order valence-electron chi connectivity index (χ1n) is 9.41. The number of rotatable bonds is 7. The molecule has 0 bridgehead atoms. The number of halogens is 2. The summed E-state index contributed by atoms with van der Waals surface area (Å²) in [6.45, 7) is 0.691. The molecule has 0 atom stereocenters. The Balaban J connectivity index is 1.42. The molecule has 0 aliphatic carbocycles. The molecule has 0 aliphatic heterocycles. The fraction of sp³-hybridized carbons (Fsp3) is 0.130. The second-order valence-electron chi connectivity index (χ2n) is 6.64. The van der Waals surface area contributed by atoms with Crippen LogP contribution in [0.3, 0.4) is 0 Å². The summed E-state index contributed by atoms with van der Waals surface area (Å²) in [6, 6.07) is 18.1. The van der Waals surface area contributed by atoms with Crippen LogP contribution in [0.25, 0.3) is 0 Å². The Morgan fingerprint density at radius 3 is 1.87 bits per heavy atom. The summed E-state index contributed by atoms with van der Waals surface area (Å²) in [5.41, 5.74) is 2.71. The number of nitrogens with one attached hydrogen (secondary N) is 3. The lowest BCUT2D eigenvalue weighted by molar-refractivity contribution is 0.0951. The molecule has 0 aromatic heterocycles. The van der Waals surface area contributed by atoms with Crippen molar-refractivity contribution in [2.75, 3.05) is 11.9 Å². The first kappa shape index (κ1) is 21.0. The molecule has 0 heterocycles. The summed E-state index contributed by atoms with van der Waals surface area (Å²) in [6.07, 6.45) is 0.584. The zero-order valence-corrected chi connectivity index (χ0v) is 16.1.